The molecule has 0 atom stereocenters. The van der Waals surface area contributed by atoms with Gasteiger partial charge < -0.3 is 5.32 Å². The first-order chi connectivity index (χ1) is 7.99. The Balaban J connectivity index is 2.38. The first kappa shape index (κ1) is 14.3. The highest BCUT2D eigenvalue weighted by molar-refractivity contribution is 7.99. The van der Waals surface area contributed by atoms with Crippen LogP contribution in [0.15, 0.2) is 18.2 Å². The van der Waals surface area contributed by atoms with Crippen LogP contribution in [0.25, 0.3) is 0 Å². The molecule has 0 saturated heterocycles. The van der Waals surface area contributed by atoms with Gasteiger partial charge in [0.1, 0.15) is 5.82 Å². The zero-order valence-electron chi connectivity index (χ0n) is 9.80. The Morgan fingerprint density at radius 1 is 1.53 bits per heavy atom. The molecule has 0 aromatic heterocycles. The fraction of sp³-hybridized carbons (Fsp3) is 0.417. The Morgan fingerprint density at radius 2 is 2.24 bits per heavy atom. The van der Waals surface area contributed by atoms with Crippen LogP contribution in [0.5, 0.6) is 0 Å². The van der Waals surface area contributed by atoms with Crippen molar-refractivity contribution in [3.05, 3.63) is 34.6 Å². The largest absolute Gasteiger partial charge is 0.353 e. The third kappa shape index (κ3) is 5.41. The van der Waals surface area contributed by atoms with E-state index >= 15 is 0 Å². The third-order valence-corrected chi connectivity index (χ3v) is 3.17. The van der Waals surface area contributed by atoms with E-state index in [9.17, 15) is 9.18 Å². The van der Waals surface area contributed by atoms with E-state index in [4.69, 9.17) is 11.6 Å². The molecule has 17 heavy (non-hydrogen) atoms. The van der Waals surface area contributed by atoms with E-state index in [0.717, 1.165) is 0 Å². The van der Waals surface area contributed by atoms with Crippen molar-refractivity contribution in [1.29, 1.82) is 0 Å². The Morgan fingerprint density at radius 3 is 2.82 bits per heavy atom. The smallest absolute Gasteiger partial charge is 0.230 e. The lowest BCUT2D eigenvalue weighted by Crippen LogP contribution is -2.31. The predicted molar refractivity (Wildman–Crippen MR) is 70.9 cm³/mol. The highest BCUT2D eigenvalue weighted by atomic mass is 35.5. The van der Waals surface area contributed by atoms with E-state index in [1.165, 1.54) is 17.8 Å². The quantitative estimate of drug-likeness (QED) is 0.894. The van der Waals surface area contributed by atoms with Gasteiger partial charge in [0.15, 0.2) is 0 Å². The van der Waals surface area contributed by atoms with E-state index in [1.807, 2.05) is 13.8 Å². The summed E-state index contributed by atoms with van der Waals surface area (Å²) < 4.78 is 13.4. The van der Waals surface area contributed by atoms with E-state index in [2.05, 4.69) is 5.32 Å². The fourth-order valence-electron chi connectivity index (χ4n) is 1.26. The van der Waals surface area contributed by atoms with Gasteiger partial charge in [-0.1, -0.05) is 17.7 Å². The average Bonchev–Trinajstić information content (AvgIpc) is 2.20. The molecule has 0 bridgehead atoms. The summed E-state index contributed by atoms with van der Waals surface area (Å²) in [5.74, 6) is 0.447. The highest BCUT2D eigenvalue weighted by Gasteiger charge is 2.06. The minimum atomic E-state index is -0.325. The summed E-state index contributed by atoms with van der Waals surface area (Å²) in [4.78, 5) is 11.3. The van der Waals surface area contributed by atoms with Crippen molar-refractivity contribution in [3.63, 3.8) is 0 Å². The Hall–Kier alpha value is -0.740. The number of amides is 1. The van der Waals surface area contributed by atoms with Gasteiger partial charge >= 0.3 is 0 Å². The number of thioether (sulfide) groups is 1. The molecular weight excluding hydrogens is 261 g/mol. The molecule has 1 aromatic rings. The normalized spacial score (nSPS) is 10.6. The van der Waals surface area contributed by atoms with Crippen LogP contribution in [0.2, 0.25) is 5.02 Å². The van der Waals surface area contributed by atoms with Crippen LogP contribution < -0.4 is 5.32 Å². The highest BCUT2D eigenvalue weighted by Crippen LogP contribution is 2.19. The minimum Gasteiger partial charge on any atom is -0.353 e. The summed E-state index contributed by atoms with van der Waals surface area (Å²) in [6.07, 6.45) is 0. The molecule has 0 saturated carbocycles. The van der Waals surface area contributed by atoms with Crippen molar-refractivity contribution in [3.8, 4) is 0 Å². The van der Waals surface area contributed by atoms with Gasteiger partial charge in [-0.25, -0.2) is 4.39 Å². The lowest BCUT2D eigenvalue weighted by Gasteiger charge is -2.08. The molecule has 1 rings (SSSR count). The van der Waals surface area contributed by atoms with Crippen LogP contribution in [0.3, 0.4) is 0 Å². The number of nitrogens with one attached hydrogen (secondary N) is 1. The number of hydrogen-bond donors (Lipinski definition) is 1. The van der Waals surface area contributed by atoms with Crippen LogP contribution in [-0.4, -0.2) is 17.7 Å². The molecule has 0 aliphatic rings. The molecule has 2 nitrogen and oxygen atoms in total. The molecule has 1 aromatic carbocycles. The average molecular weight is 276 g/mol. The standard InChI is InChI=1S/C12H15ClFNOS/c1-8(2)15-12(16)7-17-6-9-3-4-10(13)5-11(9)14/h3-5,8H,6-7H2,1-2H3,(H,15,16). The summed E-state index contributed by atoms with van der Waals surface area (Å²) in [6.45, 7) is 3.81. The van der Waals surface area contributed by atoms with Crippen molar-refractivity contribution < 1.29 is 9.18 Å². The van der Waals surface area contributed by atoms with Gasteiger partial charge in [0.2, 0.25) is 5.91 Å². The van der Waals surface area contributed by atoms with E-state index in [0.29, 0.717) is 22.1 Å². The molecule has 0 aliphatic carbocycles. The minimum absolute atomic E-state index is 0.0284. The maximum atomic E-state index is 13.4. The predicted octanol–water partition coefficient (Wildman–Crippen LogP) is 3.24. The summed E-state index contributed by atoms with van der Waals surface area (Å²) in [7, 11) is 0. The number of rotatable bonds is 5. The summed E-state index contributed by atoms with van der Waals surface area (Å²) in [5.41, 5.74) is 0.566. The monoisotopic (exact) mass is 275 g/mol. The van der Waals surface area contributed by atoms with Crippen molar-refractivity contribution in [2.75, 3.05) is 5.75 Å². The van der Waals surface area contributed by atoms with Gasteiger partial charge in [-0.2, -0.15) is 0 Å². The number of carbonyl (C=O) groups excluding carboxylic acids is 1. The molecule has 0 aliphatic heterocycles. The van der Waals surface area contributed by atoms with Gasteiger partial charge in [-0.15, -0.1) is 11.8 Å². The SMILES string of the molecule is CC(C)NC(=O)CSCc1ccc(Cl)cc1F. The number of hydrogen-bond acceptors (Lipinski definition) is 2. The summed E-state index contributed by atoms with van der Waals surface area (Å²) in [5, 5.41) is 3.16. The molecule has 0 spiro atoms. The molecule has 0 heterocycles. The maximum absolute atomic E-state index is 13.4. The molecule has 1 N–H and O–H groups in total. The first-order valence-corrected chi connectivity index (χ1v) is 6.83. The van der Waals surface area contributed by atoms with Crippen molar-refractivity contribution >= 4 is 29.3 Å². The lowest BCUT2D eigenvalue weighted by atomic mass is 10.2. The lowest BCUT2D eigenvalue weighted by molar-refractivity contribution is -0.119. The number of halogens is 2. The first-order valence-electron chi connectivity index (χ1n) is 5.30. The maximum Gasteiger partial charge on any atom is 0.230 e. The third-order valence-electron chi connectivity index (χ3n) is 1.96. The molecule has 0 unspecified atom stereocenters. The Kier molecular flexibility index (Phi) is 5.78. The Labute approximate surface area is 110 Å². The van der Waals surface area contributed by atoms with Gasteiger partial charge in [-0.3, -0.25) is 4.79 Å². The number of benzene rings is 1. The number of carbonyl (C=O) groups is 1. The van der Waals surface area contributed by atoms with Crippen molar-refractivity contribution in [1.82, 2.24) is 5.32 Å². The zero-order valence-corrected chi connectivity index (χ0v) is 11.4. The van der Waals surface area contributed by atoms with Gasteiger partial charge in [0.05, 0.1) is 5.75 Å². The van der Waals surface area contributed by atoms with Crippen molar-refractivity contribution in [2.24, 2.45) is 0 Å². The molecule has 1 amide bonds. The van der Waals surface area contributed by atoms with E-state index in [1.54, 1.807) is 12.1 Å². The second-order valence-electron chi connectivity index (χ2n) is 3.95. The Bertz CT molecular complexity index is 398. The van der Waals surface area contributed by atoms with E-state index in [-0.39, 0.29) is 17.8 Å². The fourth-order valence-corrected chi connectivity index (χ4v) is 2.24. The summed E-state index contributed by atoms with van der Waals surface area (Å²) >= 11 is 7.03. The van der Waals surface area contributed by atoms with Crippen LogP contribution in [0.4, 0.5) is 4.39 Å². The zero-order chi connectivity index (χ0) is 12.8. The molecule has 0 radical (unpaired) electrons. The molecular formula is C12H15ClFNOS. The molecule has 0 fully saturated rings. The summed E-state index contributed by atoms with van der Waals surface area (Å²) in [6, 6.07) is 4.71. The van der Waals surface area contributed by atoms with Crippen LogP contribution in [-0.2, 0) is 10.5 Å². The van der Waals surface area contributed by atoms with Crippen LogP contribution >= 0.6 is 23.4 Å². The van der Waals surface area contributed by atoms with Crippen LogP contribution in [0.1, 0.15) is 19.4 Å². The van der Waals surface area contributed by atoms with Gasteiger partial charge in [0.25, 0.3) is 0 Å². The van der Waals surface area contributed by atoms with E-state index < -0.39 is 0 Å². The van der Waals surface area contributed by atoms with Crippen LogP contribution in [0, 0.1) is 5.82 Å². The van der Waals surface area contributed by atoms with Crippen molar-refractivity contribution in [2.45, 2.75) is 25.6 Å². The molecule has 5 heteroatoms. The van der Waals surface area contributed by atoms with Gasteiger partial charge in [-0.05, 0) is 31.5 Å². The second-order valence-corrected chi connectivity index (χ2v) is 5.37. The topological polar surface area (TPSA) is 29.1 Å². The van der Waals surface area contributed by atoms with Gasteiger partial charge in [0, 0.05) is 16.8 Å². The second kappa shape index (κ2) is 6.87. The molecule has 94 valence electrons.